The predicted octanol–water partition coefficient (Wildman–Crippen LogP) is 3.70. The lowest BCUT2D eigenvalue weighted by molar-refractivity contribution is 0.0594. The molecule has 3 aromatic rings. The highest BCUT2D eigenvalue weighted by atomic mass is 16.5. The molecule has 156 valence electrons. The maximum absolute atomic E-state index is 12.8. The molecule has 0 radical (unpaired) electrons. The molecule has 0 N–H and O–H groups in total. The van der Waals surface area contributed by atoms with Crippen molar-refractivity contribution >= 4 is 11.7 Å². The van der Waals surface area contributed by atoms with Crippen molar-refractivity contribution in [2.24, 2.45) is 0 Å². The van der Waals surface area contributed by atoms with Crippen LogP contribution in [0.15, 0.2) is 59.4 Å². The molecule has 1 saturated heterocycles. The molecule has 1 aliphatic rings. The first kappa shape index (κ1) is 19.9. The minimum atomic E-state index is 0.0122. The average molecular weight is 406 g/mol. The van der Waals surface area contributed by atoms with E-state index in [4.69, 9.17) is 9.15 Å². The zero-order valence-electron chi connectivity index (χ0n) is 17.3. The molecule has 0 unspecified atom stereocenters. The van der Waals surface area contributed by atoms with E-state index < -0.39 is 0 Å². The van der Waals surface area contributed by atoms with E-state index in [1.807, 2.05) is 60.2 Å². The fourth-order valence-electron chi connectivity index (χ4n) is 3.59. The Hall–Kier alpha value is -3.35. The van der Waals surface area contributed by atoms with Gasteiger partial charge in [-0.25, -0.2) is 4.98 Å². The van der Waals surface area contributed by atoms with Crippen LogP contribution in [0.2, 0.25) is 0 Å². The van der Waals surface area contributed by atoms with Gasteiger partial charge in [0.05, 0.1) is 18.3 Å². The molecule has 7 heteroatoms. The number of carbonyl (C=O) groups excluding carboxylic acids is 1. The highest BCUT2D eigenvalue weighted by molar-refractivity contribution is 5.94. The number of rotatable bonds is 6. The fraction of sp³-hybridized carbons (Fsp3) is 0.348. The zero-order valence-corrected chi connectivity index (χ0v) is 17.3. The monoisotopic (exact) mass is 406 g/mol. The van der Waals surface area contributed by atoms with Crippen LogP contribution in [0.3, 0.4) is 0 Å². The number of amides is 1. The summed E-state index contributed by atoms with van der Waals surface area (Å²) < 4.78 is 11.6. The lowest BCUT2D eigenvalue weighted by Gasteiger charge is -2.32. The van der Waals surface area contributed by atoms with Gasteiger partial charge in [-0.05, 0) is 43.3 Å². The Morgan fingerprint density at radius 1 is 1.20 bits per heavy atom. The van der Waals surface area contributed by atoms with Crippen LogP contribution >= 0.6 is 0 Å². The molecule has 4 heterocycles. The molecule has 0 aliphatic carbocycles. The number of hydrogen-bond acceptors (Lipinski definition) is 6. The summed E-state index contributed by atoms with van der Waals surface area (Å²) >= 11 is 0. The van der Waals surface area contributed by atoms with E-state index in [1.54, 1.807) is 18.6 Å². The van der Waals surface area contributed by atoms with Crippen molar-refractivity contribution in [1.82, 2.24) is 14.9 Å². The molecule has 4 rings (SSSR count). The van der Waals surface area contributed by atoms with Crippen molar-refractivity contribution in [2.45, 2.75) is 32.4 Å². The number of pyridine rings is 2. The van der Waals surface area contributed by atoms with Gasteiger partial charge < -0.3 is 19.0 Å². The molecule has 0 bridgehead atoms. The molecule has 30 heavy (non-hydrogen) atoms. The summed E-state index contributed by atoms with van der Waals surface area (Å²) in [5, 5.41) is 0. The van der Waals surface area contributed by atoms with Crippen LogP contribution in [0.5, 0.6) is 5.75 Å². The van der Waals surface area contributed by atoms with Crippen LogP contribution in [0.25, 0.3) is 0 Å². The third kappa shape index (κ3) is 4.79. The number of aryl methyl sites for hydroxylation is 1. The summed E-state index contributed by atoms with van der Waals surface area (Å²) in [7, 11) is 1.95. The van der Waals surface area contributed by atoms with E-state index in [2.05, 4.69) is 9.97 Å². The van der Waals surface area contributed by atoms with Crippen LogP contribution in [-0.2, 0) is 6.54 Å². The Morgan fingerprint density at radius 2 is 2.03 bits per heavy atom. The first-order valence-electron chi connectivity index (χ1n) is 10.2. The lowest BCUT2D eigenvalue weighted by Crippen LogP contribution is -2.41. The van der Waals surface area contributed by atoms with E-state index in [9.17, 15) is 4.79 Å². The molecule has 1 fully saturated rings. The van der Waals surface area contributed by atoms with E-state index in [0.717, 1.165) is 35.9 Å². The van der Waals surface area contributed by atoms with Crippen molar-refractivity contribution in [3.05, 3.63) is 72.1 Å². The van der Waals surface area contributed by atoms with Gasteiger partial charge >= 0.3 is 0 Å². The Bertz CT molecular complexity index is 964. The van der Waals surface area contributed by atoms with Crippen molar-refractivity contribution in [3.8, 4) is 5.75 Å². The highest BCUT2D eigenvalue weighted by Crippen LogP contribution is 2.20. The molecule has 0 aromatic carbocycles. The van der Waals surface area contributed by atoms with Gasteiger partial charge in [0, 0.05) is 45.4 Å². The first-order chi connectivity index (χ1) is 14.6. The summed E-state index contributed by atoms with van der Waals surface area (Å²) in [5.74, 6) is 3.36. The molecule has 7 nitrogen and oxygen atoms in total. The van der Waals surface area contributed by atoms with Gasteiger partial charge in [0.1, 0.15) is 29.2 Å². The minimum absolute atomic E-state index is 0.0122. The van der Waals surface area contributed by atoms with Crippen molar-refractivity contribution in [1.29, 1.82) is 0 Å². The summed E-state index contributed by atoms with van der Waals surface area (Å²) in [6.45, 7) is 3.89. The van der Waals surface area contributed by atoms with Gasteiger partial charge in [0.2, 0.25) is 0 Å². The van der Waals surface area contributed by atoms with E-state index in [1.165, 1.54) is 0 Å². The number of carbonyl (C=O) groups is 1. The van der Waals surface area contributed by atoms with Crippen molar-refractivity contribution < 1.29 is 13.9 Å². The zero-order chi connectivity index (χ0) is 20.9. The van der Waals surface area contributed by atoms with Gasteiger partial charge in [-0.15, -0.1) is 0 Å². The molecule has 1 amide bonds. The number of nitrogens with zero attached hydrogens (tertiary/aromatic N) is 4. The number of furan rings is 1. The molecule has 3 aromatic heterocycles. The maximum atomic E-state index is 12.8. The fourth-order valence-corrected chi connectivity index (χ4v) is 3.59. The van der Waals surface area contributed by atoms with E-state index in [-0.39, 0.29) is 12.0 Å². The SMILES string of the molecule is Cc1ccc(CN(C)c2ccc(C(=O)N3CCC(Oc4cccnc4)CC3)cn2)o1. The van der Waals surface area contributed by atoms with Crippen LogP contribution in [0, 0.1) is 6.92 Å². The largest absolute Gasteiger partial charge is 0.489 e. The first-order valence-corrected chi connectivity index (χ1v) is 10.2. The van der Waals surface area contributed by atoms with Crippen LogP contribution in [0.4, 0.5) is 5.82 Å². The third-order valence-corrected chi connectivity index (χ3v) is 5.24. The Morgan fingerprint density at radius 3 is 2.67 bits per heavy atom. The van der Waals surface area contributed by atoms with Crippen molar-refractivity contribution in [2.75, 3.05) is 25.0 Å². The smallest absolute Gasteiger partial charge is 0.255 e. The third-order valence-electron chi connectivity index (χ3n) is 5.24. The van der Waals surface area contributed by atoms with E-state index >= 15 is 0 Å². The molecular weight excluding hydrogens is 380 g/mol. The second kappa shape index (κ2) is 8.98. The summed E-state index contributed by atoms with van der Waals surface area (Å²) in [4.78, 5) is 25.3. The topological polar surface area (TPSA) is 71.7 Å². The van der Waals surface area contributed by atoms with E-state index in [0.29, 0.717) is 25.2 Å². The quantitative estimate of drug-likeness (QED) is 0.622. The number of piperidine rings is 1. The van der Waals surface area contributed by atoms with Gasteiger partial charge in [0.15, 0.2) is 0 Å². The predicted molar refractivity (Wildman–Crippen MR) is 114 cm³/mol. The Kier molecular flexibility index (Phi) is 5.97. The summed E-state index contributed by atoms with van der Waals surface area (Å²) in [6, 6.07) is 11.4. The van der Waals surface area contributed by atoms with Gasteiger partial charge in [-0.1, -0.05) is 0 Å². The summed E-state index contributed by atoms with van der Waals surface area (Å²) in [6.07, 6.45) is 6.81. The second-order valence-corrected chi connectivity index (χ2v) is 7.57. The van der Waals surface area contributed by atoms with Crippen LogP contribution < -0.4 is 9.64 Å². The molecule has 0 spiro atoms. The Labute approximate surface area is 176 Å². The molecule has 1 aliphatic heterocycles. The molecular formula is C23H26N4O3. The van der Waals surface area contributed by atoms with Crippen LogP contribution in [0.1, 0.15) is 34.7 Å². The highest BCUT2D eigenvalue weighted by Gasteiger charge is 2.25. The Balaban J connectivity index is 1.30. The number of ether oxygens (including phenoxy) is 1. The standard InChI is InChI=1S/C23H26N4O3/c1-17-5-7-21(29-17)16-26(2)22-8-6-18(14-25-22)23(28)27-12-9-19(10-13-27)30-20-4-3-11-24-15-20/h3-8,11,14-15,19H,9-10,12-13,16H2,1-2H3. The number of anilines is 1. The normalized spacial score (nSPS) is 14.5. The van der Waals surface area contributed by atoms with Crippen molar-refractivity contribution in [3.63, 3.8) is 0 Å². The second-order valence-electron chi connectivity index (χ2n) is 7.57. The lowest BCUT2D eigenvalue weighted by atomic mass is 10.1. The average Bonchev–Trinajstić information content (AvgIpc) is 3.19. The molecule has 0 saturated carbocycles. The number of hydrogen-bond donors (Lipinski definition) is 0. The summed E-state index contributed by atoms with van der Waals surface area (Å²) in [5.41, 5.74) is 0.604. The molecule has 0 atom stereocenters. The van der Waals surface area contributed by atoms with Gasteiger partial charge in [0.25, 0.3) is 5.91 Å². The number of likely N-dealkylation sites (tertiary alicyclic amines) is 1. The number of aromatic nitrogens is 2. The minimum Gasteiger partial charge on any atom is -0.489 e. The van der Waals surface area contributed by atoms with Crippen LogP contribution in [-0.4, -0.2) is 47.0 Å². The van der Waals surface area contributed by atoms with Gasteiger partial charge in [-0.3, -0.25) is 9.78 Å². The maximum Gasteiger partial charge on any atom is 0.255 e. The van der Waals surface area contributed by atoms with Gasteiger partial charge in [-0.2, -0.15) is 0 Å².